The number of ether oxygens (including phenoxy) is 1. The second-order valence-corrected chi connectivity index (χ2v) is 6.22. The standard InChI is InChI=1S/C19H31NO/c1-2-15-21-16-9-12-19(18-10-5-3-6-11-18)17-20-13-7-4-8-14-20/h3,5-6,10-11,19H,2,4,7-9,12-17H2,1H3/t19-/m1/s1. The summed E-state index contributed by atoms with van der Waals surface area (Å²) < 4.78 is 5.65. The summed E-state index contributed by atoms with van der Waals surface area (Å²) >= 11 is 0. The van der Waals surface area contributed by atoms with Gasteiger partial charge in [0.05, 0.1) is 0 Å². The molecule has 1 aliphatic heterocycles. The topological polar surface area (TPSA) is 12.5 Å². The minimum absolute atomic E-state index is 0.662. The number of hydrogen-bond acceptors (Lipinski definition) is 2. The number of hydrogen-bond donors (Lipinski definition) is 0. The highest BCUT2D eigenvalue weighted by atomic mass is 16.5. The van der Waals surface area contributed by atoms with Crippen LogP contribution in [-0.2, 0) is 4.74 Å². The number of rotatable bonds is 9. The summed E-state index contributed by atoms with van der Waals surface area (Å²) in [5.41, 5.74) is 1.50. The first kappa shape index (κ1) is 16.5. The predicted octanol–water partition coefficient (Wildman–Crippen LogP) is 4.46. The fourth-order valence-electron chi connectivity index (χ4n) is 3.22. The fourth-order valence-corrected chi connectivity index (χ4v) is 3.22. The van der Waals surface area contributed by atoms with E-state index < -0.39 is 0 Å². The molecule has 0 bridgehead atoms. The molecule has 0 aromatic heterocycles. The van der Waals surface area contributed by atoms with Crippen molar-refractivity contribution in [3.05, 3.63) is 35.9 Å². The lowest BCUT2D eigenvalue weighted by molar-refractivity contribution is 0.127. The van der Waals surface area contributed by atoms with Gasteiger partial charge < -0.3 is 9.64 Å². The van der Waals surface area contributed by atoms with Gasteiger partial charge in [-0.25, -0.2) is 0 Å². The van der Waals surface area contributed by atoms with Gasteiger partial charge in [0.25, 0.3) is 0 Å². The molecule has 0 amide bonds. The summed E-state index contributed by atoms with van der Waals surface area (Å²) in [6.07, 6.45) is 7.70. The van der Waals surface area contributed by atoms with Crippen LogP contribution < -0.4 is 0 Å². The van der Waals surface area contributed by atoms with Crippen molar-refractivity contribution in [2.45, 2.75) is 51.4 Å². The Balaban J connectivity index is 1.84. The summed E-state index contributed by atoms with van der Waals surface area (Å²) in [4.78, 5) is 2.66. The van der Waals surface area contributed by atoms with Crippen molar-refractivity contribution < 1.29 is 4.74 Å². The molecule has 1 aliphatic rings. The van der Waals surface area contributed by atoms with Crippen LogP contribution >= 0.6 is 0 Å². The van der Waals surface area contributed by atoms with Crippen LogP contribution in [0.15, 0.2) is 30.3 Å². The van der Waals surface area contributed by atoms with Gasteiger partial charge in [0, 0.05) is 19.8 Å². The van der Waals surface area contributed by atoms with Gasteiger partial charge in [0.1, 0.15) is 0 Å². The molecule has 2 heteroatoms. The lowest BCUT2D eigenvalue weighted by atomic mass is 9.93. The van der Waals surface area contributed by atoms with Crippen molar-refractivity contribution in [3.63, 3.8) is 0 Å². The second kappa shape index (κ2) is 9.97. The molecule has 2 rings (SSSR count). The molecule has 1 saturated heterocycles. The summed E-state index contributed by atoms with van der Waals surface area (Å²) in [5.74, 6) is 0.662. The molecule has 1 heterocycles. The summed E-state index contributed by atoms with van der Waals surface area (Å²) in [5, 5.41) is 0. The smallest absolute Gasteiger partial charge is 0.0466 e. The highest BCUT2D eigenvalue weighted by Gasteiger charge is 2.17. The van der Waals surface area contributed by atoms with E-state index in [2.05, 4.69) is 42.2 Å². The van der Waals surface area contributed by atoms with E-state index in [0.717, 1.165) is 19.6 Å². The SMILES string of the molecule is CCCOCCC[C@H](CN1CCCCC1)c1ccccc1. The van der Waals surface area contributed by atoms with Gasteiger partial charge in [-0.2, -0.15) is 0 Å². The molecule has 0 N–H and O–H groups in total. The Hall–Kier alpha value is -0.860. The van der Waals surface area contributed by atoms with E-state index in [1.165, 1.54) is 57.3 Å². The third-order valence-electron chi connectivity index (χ3n) is 4.39. The lowest BCUT2D eigenvalue weighted by Crippen LogP contribution is -2.33. The van der Waals surface area contributed by atoms with E-state index in [9.17, 15) is 0 Å². The predicted molar refractivity (Wildman–Crippen MR) is 89.8 cm³/mol. The molecular weight excluding hydrogens is 258 g/mol. The average molecular weight is 289 g/mol. The molecule has 1 aromatic carbocycles. The largest absolute Gasteiger partial charge is 0.381 e. The van der Waals surface area contributed by atoms with Gasteiger partial charge in [-0.1, -0.05) is 43.7 Å². The Morgan fingerprint density at radius 3 is 2.52 bits per heavy atom. The molecule has 118 valence electrons. The van der Waals surface area contributed by atoms with Crippen molar-refractivity contribution in [3.8, 4) is 0 Å². The zero-order chi connectivity index (χ0) is 14.8. The number of nitrogens with zero attached hydrogens (tertiary/aromatic N) is 1. The van der Waals surface area contributed by atoms with Crippen LogP contribution in [0.3, 0.4) is 0 Å². The monoisotopic (exact) mass is 289 g/mol. The zero-order valence-corrected chi connectivity index (χ0v) is 13.6. The van der Waals surface area contributed by atoms with Crippen LogP contribution in [0, 0.1) is 0 Å². The zero-order valence-electron chi connectivity index (χ0n) is 13.6. The second-order valence-electron chi connectivity index (χ2n) is 6.22. The van der Waals surface area contributed by atoms with Gasteiger partial charge in [-0.05, 0) is 56.7 Å². The normalized spacial score (nSPS) is 17.8. The summed E-state index contributed by atoms with van der Waals surface area (Å²) in [6.45, 7) is 7.78. The van der Waals surface area contributed by atoms with E-state index in [4.69, 9.17) is 4.74 Å². The quantitative estimate of drug-likeness (QED) is 0.622. The first-order valence-corrected chi connectivity index (χ1v) is 8.75. The van der Waals surface area contributed by atoms with E-state index in [1.54, 1.807) is 0 Å². The molecule has 21 heavy (non-hydrogen) atoms. The first-order valence-electron chi connectivity index (χ1n) is 8.75. The number of piperidine rings is 1. The third-order valence-corrected chi connectivity index (χ3v) is 4.39. The van der Waals surface area contributed by atoms with Crippen molar-refractivity contribution in [2.24, 2.45) is 0 Å². The fraction of sp³-hybridized carbons (Fsp3) is 0.684. The van der Waals surface area contributed by atoms with E-state index in [0.29, 0.717) is 5.92 Å². The van der Waals surface area contributed by atoms with Gasteiger partial charge in [0.15, 0.2) is 0 Å². The van der Waals surface area contributed by atoms with Gasteiger partial charge in [-0.3, -0.25) is 0 Å². The van der Waals surface area contributed by atoms with Crippen molar-refractivity contribution in [2.75, 3.05) is 32.8 Å². The molecule has 0 saturated carbocycles. The minimum Gasteiger partial charge on any atom is -0.381 e. The highest BCUT2D eigenvalue weighted by Crippen LogP contribution is 2.24. The van der Waals surface area contributed by atoms with Crippen LogP contribution in [0.5, 0.6) is 0 Å². The van der Waals surface area contributed by atoms with Gasteiger partial charge in [0.2, 0.25) is 0 Å². The molecule has 0 unspecified atom stereocenters. The van der Waals surface area contributed by atoms with Crippen LogP contribution in [-0.4, -0.2) is 37.7 Å². The maximum Gasteiger partial charge on any atom is 0.0466 e. The average Bonchev–Trinajstić information content (AvgIpc) is 2.55. The first-order chi connectivity index (χ1) is 10.4. The van der Waals surface area contributed by atoms with Crippen LogP contribution in [0.25, 0.3) is 0 Å². The number of benzene rings is 1. The molecule has 0 spiro atoms. The Kier molecular flexibility index (Phi) is 7.83. The summed E-state index contributed by atoms with van der Waals surface area (Å²) in [6, 6.07) is 11.0. The number of likely N-dealkylation sites (tertiary alicyclic amines) is 1. The maximum atomic E-state index is 5.65. The maximum absolute atomic E-state index is 5.65. The highest BCUT2D eigenvalue weighted by molar-refractivity contribution is 5.19. The third kappa shape index (κ3) is 6.19. The lowest BCUT2D eigenvalue weighted by Gasteiger charge is -2.30. The molecule has 0 radical (unpaired) electrons. The van der Waals surface area contributed by atoms with Crippen molar-refractivity contribution in [1.29, 1.82) is 0 Å². The van der Waals surface area contributed by atoms with E-state index >= 15 is 0 Å². The Labute approximate surface area is 130 Å². The minimum atomic E-state index is 0.662. The van der Waals surface area contributed by atoms with Gasteiger partial charge >= 0.3 is 0 Å². The van der Waals surface area contributed by atoms with Crippen molar-refractivity contribution >= 4 is 0 Å². The van der Waals surface area contributed by atoms with E-state index in [1.807, 2.05) is 0 Å². The molecule has 1 fully saturated rings. The molecule has 1 atom stereocenters. The van der Waals surface area contributed by atoms with Crippen LogP contribution in [0.1, 0.15) is 56.9 Å². The Bertz CT molecular complexity index is 359. The molecular formula is C19H31NO. The van der Waals surface area contributed by atoms with Crippen LogP contribution in [0.4, 0.5) is 0 Å². The van der Waals surface area contributed by atoms with Crippen molar-refractivity contribution in [1.82, 2.24) is 4.90 Å². The van der Waals surface area contributed by atoms with Crippen LogP contribution in [0.2, 0.25) is 0 Å². The van der Waals surface area contributed by atoms with Gasteiger partial charge in [-0.15, -0.1) is 0 Å². The Morgan fingerprint density at radius 1 is 1.05 bits per heavy atom. The van der Waals surface area contributed by atoms with E-state index in [-0.39, 0.29) is 0 Å². The summed E-state index contributed by atoms with van der Waals surface area (Å²) in [7, 11) is 0. The molecule has 2 nitrogen and oxygen atoms in total. The molecule has 1 aromatic rings. The Morgan fingerprint density at radius 2 is 1.81 bits per heavy atom. The molecule has 0 aliphatic carbocycles.